The van der Waals surface area contributed by atoms with Crippen LogP contribution < -0.4 is 5.32 Å². The van der Waals surface area contributed by atoms with Crippen LogP contribution in [0.4, 0.5) is 4.39 Å². The van der Waals surface area contributed by atoms with Crippen LogP contribution in [0.25, 0.3) is 0 Å². The highest BCUT2D eigenvalue weighted by Gasteiger charge is 2.23. The molecule has 4 nitrogen and oxygen atoms in total. The number of nitrogens with one attached hydrogen (secondary N) is 1. The van der Waals surface area contributed by atoms with Crippen LogP contribution in [0.1, 0.15) is 22.0 Å². The van der Waals surface area contributed by atoms with Crippen LogP contribution >= 0.6 is 0 Å². The molecule has 0 bridgehead atoms. The minimum atomic E-state index is -1.22. The summed E-state index contributed by atoms with van der Waals surface area (Å²) in [5.41, 5.74) is 0.236. The predicted molar refractivity (Wildman–Crippen MR) is 70.7 cm³/mol. The average molecular weight is 273 g/mol. The van der Waals surface area contributed by atoms with Crippen molar-refractivity contribution in [2.45, 2.75) is 6.04 Å². The first-order valence-electron chi connectivity index (χ1n) is 5.92. The zero-order valence-electron chi connectivity index (χ0n) is 10.4. The van der Waals surface area contributed by atoms with E-state index in [1.165, 1.54) is 18.2 Å². The van der Waals surface area contributed by atoms with Gasteiger partial charge in [-0.1, -0.05) is 42.5 Å². The fraction of sp³-hybridized carbons (Fsp3) is 0.0667. The van der Waals surface area contributed by atoms with Gasteiger partial charge in [-0.15, -0.1) is 0 Å². The van der Waals surface area contributed by atoms with Gasteiger partial charge in [0, 0.05) is 0 Å². The van der Waals surface area contributed by atoms with Crippen molar-refractivity contribution in [3.63, 3.8) is 0 Å². The first-order chi connectivity index (χ1) is 9.59. The molecule has 2 N–H and O–H groups in total. The van der Waals surface area contributed by atoms with Crippen LogP contribution in [0, 0.1) is 5.82 Å². The molecule has 2 aromatic carbocycles. The first-order valence-corrected chi connectivity index (χ1v) is 5.92. The molecule has 1 amide bonds. The number of halogens is 1. The highest BCUT2D eigenvalue weighted by Crippen LogP contribution is 2.14. The Hall–Kier alpha value is -2.69. The summed E-state index contributed by atoms with van der Waals surface area (Å²) in [4.78, 5) is 23.2. The molecule has 0 unspecified atom stereocenters. The van der Waals surface area contributed by atoms with Gasteiger partial charge in [-0.25, -0.2) is 9.18 Å². The fourth-order valence-corrected chi connectivity index (χ4v) is 1.79. The molecule has 0 heterocycles. The summed E-state index contributed by atoms with van der Waals surface area (Å²) in [6.07, 6.45) is 0. The zero-order valence-corrected chi connectivity index (χ0v) is 10.4. The molecular formula is C15H12FNO3. The van der Waals surface area contributed by atoms with E-state index in [0.717, 1.165) is 6.07 Å². The van der Waals surface area contributed by atoms with E-state index < -0.39 is 23.7 Å². The lowest BCUT2D eigenvalue weighted by Crippen LogP contribution is -2.34. The van der Waals surface area contributed by atoms with Crippen molar-refractivity contribution in [1.82, 2.24) is 5.32 Å². The summed E-state index contributed by atoms with van der Waals surface area (Å²) in [6, 6.07) is 12.4. The van der Waals surface area contributed by atoms with Crippen molar-refractivity contribution in [2.24, 2.45) is 0 Å². The molecule has 0 aliphatic heterocycles. The third-order valence-electron chi connectivity index (χ3n) is 2.77. The minimum Gasteiger partial charge on any atom is -0.479 e. The summed E-state index contributed by atoms with van der Waals surface area (Å²) >= 11 is 0. The highest BCUT2D eigenvalue weighted by atomic mass is 19.1. The van der Waals surface area contributed by atoms with E-state index in [2.05, 4.69) is 5.32 Å². The van der Waals surface area contributed by atoms with Gasteiger partial charge in [-0.3, -0.25) is 4.79 Å². The lowest BCUT2D eigenvalue weighted by molar-refractivity contribution is -0.139. The molecule has 1 atom stereocenters. The Bertz CT molecular complexity index is 628. The topological polar surface area (TPSA) is 66.4 Å². The summed E-state index contributed by atoms with van der Waals surface area (Å²) in [5, 5.41) is 11.5. The second kappa shape index (κ2) is 5.97. The maximum atomic E-state index is 13.5. The average Bonchev–Trinajstić information content (AvgIpc) is 2.45. The van der Waals surface area contributed by atoms with Crippen molar-refractivity contribution in [3.8, 4) is 0 Å². The maximum Gasteiger partial charge on any atom is 0.330 e. The van der Waals surface area contributed by atoms with Gasteiger partial charge in [0.15, 0.2) is 6.04 Å². The molecule has 0 radical (unpaired) electrons. The Kier molecular flexibility index (Phi) is 4.10. The van der Waals surface area contributed by atoms with Gasteiger partial charge in [0.25, 0.3) is 5.91 Å². The smallest absolute Gasteiger partial charge is 0.330 e. The molecule has 5 heteroatoms. The number of rotatable bonds is 4. The minimum absolute atomic E-state index is 0.185. The molecule has 0 aliphatic rings. The Balaban J connectivity index is 2.24. The Morgan fingerprint density at radius 3 is 2.20 bits per heavy atom. The molecule has 2 rings (SSSR count). The van der Waals surface area contributed by atoms with Gasteiger partial charge in [-0.2, -0.15) is 0 Å². The molecule has 20 heavy (non-hydrogen) atoms. The number of carbonyl (C=O) groups excluding carboxylic acids is 1. The maximum absolute atomic E-state index is 13.5. The quantitative estimate of drug-likeness (QED) is 0.898. The summed E-state index contributed by atoms with van der Waals surface area (Å²) in [7, 11) is 0. The van der Waals surface area contributed by atoms with E-state index in [0.29, 0.717) is 5.56 Å². The van der Waals surface area contributed by atoms with Gasteiger partial charge in [-0.05, 0) is 17.7 Å². The number of carbonyl (C=O) groups is 2. The van der Waals surface area contributed by atoms with E-state index in [-0.39, 0.29) is 5.56 Å². The van der Waals surface area contributed by atoms with Crippen molar-refractivity contribution in [2.75, 3.05) is 0 Å². The lowest BCUT2D eigenvalue weighted by atomic mass is 10.1. The third-order valence-corrected chi connectivity index (χ3v) is 2.77. The van der Waals surface area contributed by atoms with E-state index in [9.17, 15) is 19.1 Å². The van der Waals surface area contributed by atoms with E-state index in [1.807, 2.05) is 0 Å². The Morgan fingerprint density at radius 2 is 1.60 bits per heavy atom. The largest absolute Gasteiger partial charge is 0.479 e. The number of aliphatic carboxylic acids is 1. The van der Waals surface area contributed by atoms with Gasteiger partial charge < -0.3 is 10.4 Å². The van der Waals surface area contributed by atoms with Gasteiger partial charge in [0.05, 0.1) is 5.56 Å². The molecule has 0 saturated carbocycles. The lowest BCUT2D eigenvalue weighted by Gasteiger charge is -2.15. The van der Waals surface area contributed by atoms with Crippen molar-refractivity contribution in [3.05, 3.63) is 71.5 Å². The van der Waals surface area contributed by atoms with Crippen LogP contribution in [-0.2, 0) is 4.79 Å². The molecular weight excluding hydrogens is 261 g/mol. The monoisotopic (exact) mass is 273 g/mol. The molecule has 0 saturated heterocycles. The van der Waals surface area contributed by atoms with Crippen LogP contribution in [0.15, 0.2) is 54.6 Å². The van der Waals surface area contributed by atoms with E-state index >= 15 is 0 Å². The van der Waals surface area contributed by atoms with Gasteiger partial charge in [0.1, 0.15) is 5.82 Å². The number of carboxylic acid groups (broad SMARTS) is 1. The van der Waals surface area contributed by atoms with Crippen LogP contribution in [0.2, 0.25) is 0 Å². The van der Waals surface area contributed by atoms with E-state index in [1.54, 1.807) is 30.3 Å². The van der Waals surface area contributed by atoms with Crippen molar-refractivity contribution >= 4 is 11.9 Å². The summed E-state index contributed by atoms with van der Waals surface area (Å²) in [5.74, 6) is -2.66. The van der Waals surface area contributed by atoms with Crippen molar-refractivity contribution in [1.29, 1.82) is 0 Å². The number of hydrogen-bond acceptors (Lipinski definition) is 2. The van der Waals surface area contributed by atoms with Crippen LogP contribution in [-0.4, -0.2) is 17.0 Å². The summed E-state index contributed by atoms with van der Waals surface area (Å²) < 4.78 is 13.5. The second-order valence-electron chi connectivity index (χ2n) is 4.14. The highest BCUT2D eigenvalue weighted by molar-refractivity contribution is 5.97. The molecule has 0 spiro atoms. The van der Waals surface area contributed by atoms with Gasteiger partial charge >= 0.3 is 5.97 Å². The van der Waals surface area contributed by atoms with Gasteiger partial charge in [0.2, 0.25) is 0 Å². The van der Waals surface area contributed by atoms with Crippen LogP contribution in [0.5, 0.6) is 0 Å². The standard InChI is InChI=1S/C15H12FNO3/c16-12-9-5-4-8-11(12)14(18)17-13(15(19)20)10-6-2-1-3-7-10/h1-9,13H,(H,17,18)(H,19,20)/t13-/m0/s1. The molecule has 102 valence electrons. The number of amides is 1. The first kappa shape index (κ1) is 13.7. The fourth-order valence-electron chi connectivity index (χ4n) is 1.79. The molecule has 2 aromatic rings. The second-order valence-corrected chi connectivity index (χ2v) is 4.14. The zero-order chi connectivity index (χ0) is 14.5. The normalized spacial score (nSPS) is 11.7. The molecule has 0 aliphatic carbocycles. The molecule has 0 fully saturated rings. The number of benzene rings is 2. The Labute approximate surface area is 114 Å². The summed E-state index contributed by atoms with van der Waals surface area (Å²) in [6.45, 7) is 0. The number of hydrogen-bond donors (Lipinski definition) is 2. The molecule has 0 aromatic heterocycles. The van der Waals surface area contributed by atoms with E-state index in [4.69, 9.17) is 0 Å². The SMILES string of the molecule is O=C(N[C@H](C(=O)O)c1ccccc1)c1ccccc1F. The third kappa shape index (κ3) is 3.00. The number of carboxylic acids is 1. The van der Waals surface area contributed by atoms with Crippen LogP contribution in [0.3, 0.4) is 0 Å². The van der Waals surface area contributed by atoms with Crippen molar-refractivity contribution < 1.29 is 19.1 Å². The predicted octanol–water partition coefficient (Wildman–Crippen LogP) is 2.38. The Morgan fingerprint density at radius 1 is 1.00 bits per heavy atom.